The summed E-state index contributed by atoms with van der Waals surface area (Å²) in [7, 11) is -3.87. The van der Waals surface area contributed by atoms with Crippen molar-refractivity contribution in [2.75, 3.05) is 6.54 Å². The van der Waals surface area contributed by atoms with E-state index in [4.69, 9.17) is 0 Å². The van der Waals surface area contributed by atoms with E-state index in [0.29, 0.717) is 13.1 Å². The average Bonchev–Trinajstić information content (AvgIpc) is 3.38. The highest BCUT2D eigenvalue weighted by molar-refractivity contribution is 7.90. The third kappa shape index (κ3) is 4.37. The molecule has 174 valence electrons. The van der Waals surface area contributed by atoms with Gasteiger partial charge in [-0.1, -0.05) is 55.8 Å². The Kier molecular flexibility index (Phi) is 6.50. The van der Waals surface area contributed by atoms with Crippen LogP contribution in [0.4, 0.5) is 4.79 Å². The first-order valence-corrected chi connectivity index (χ1v) is 13.3. The van der Waals surface area contributed by atoms with Gasteiger partial charge in [0.1, 0.15) is 5.37 Å². The molecule has 2 amide bonds. The SMILES string of the molecule is CCN(Cc1ccccc1)C(C)S(=O)(=O)NC(=O)NC1C2=C(C=C3CCCC31C)CCC2. The van der Waals surface area contributed by atoms with E-state index in [1.54, 1.807) is 6.92 Å². The van der Waals surface area contributed by atoms with Crippen LogP contribution >= 0.6 is 0 Å². The maximum Gasteiger partial charge on any atom is 0.328 e. The van der Waals surface area contributed by atoms with Crippen LogP contribution in [0.25, 0.3) is 0 Å². The Labute approximate surface area is 192 Å². The second-order valence-electron chi connectivity index (χ2n) is 9.55. The second kappa shape index (κ2) is 9.02. The van der Waals surface area contributed by atoms with Crippen molar-refractivity contribution in [3.8, 4) is 0 Å². The van der Waals surface area contributed by atoms with Crippen LogP contribution in [-0.2, 0) is 16.6 Å². The molecule has 0 saturated heterocycles. The fourth-order valence-corrected chi connectivity index (χ4v) is 6.78. The molecular formula is C25H35N3O3S. The zero-order valence-electron chi connectivity index (χ0n) is 19.4. The van der Waals surface area contributed by atoms with Gasteiger partial charge in [0.25, 0.3) is 10.0 Å². The van der Waals surface area contributed by atoms with Gasteiger partial charge in [-0.2, -0.15) is 0 Å². The quantitative estimate of drug-likeness (QED) is 0.634. The lowest BCUT2D eigenvalue weighted by atomic mass is 9.70. The van der Waals surface area contributed by atoms with Crippen molar-refractivity contribution in [3.63, 3.8) is 0 Å². The number of allylic oxidation sites excluding steroid dienone is 2. The molecule has 0 radical (unpaired) electrons. The van der Waals surface area contributed by atoms with E-state index in [1.807, 2.05) is 42.2 Å². The monoisotopic (exact) mass is 457 g/mol. The molecule has 7 heteroatoms. The number of nitrogens with one attached hydrogen (secondary N) is 2. The fraction of sp³-hybridized carbons (Fsp3) is 0.560. The fourth-order valence-electron chi connectivity index (χ4n) is 5.67. The van der Waals surface area contributed by atoms with Gasteiger partial charge in [0, 0.05) is 12.0 Å². The molecule has 0 aromatic heterocycles. The van der Waals surface area contributed by atoms with E-state index in [-0.39, 0.29) is 11.5 Å². The number of sulfonamides is 1. The van der Waals surface area contributed by atoms with Crippen molar-refractivity contribution < 1.29 is 13.2 Å². The predicted octanol–water partition coefficient (Wildman–Crippen LogP) is 4.46. The molecule has 1 fully saturated rings. The minimum absolute atomic E-state index is 0.112. The Morgan fingerprint density at radius 2 is 1.94 bits per heavy atom. The number of carbonyl (C=O) groups is 1. The van der Waals surface area contributed by atoms with Crippen LogP contribution in [0.2, 0.25) is 0 Å². The van der Waals surface area contributed by atoms with Crippen molar-refractivity contribution in [3.05, 3.63) is 58.7 Å². The Bertz CT molecular complexity index is 1030. The van der Waals surface area contributed by atoms with Gasteiger partial charge in [-0.3, -0.25) is 4.90 Å². The molecule has 2 N–H and O–H groups in total. The summed E-state index contributed by atoms with van der Waals surface area (Å²) in [6.07, 6.45) is 8.68. The molecule has 4 rings (SSSR count). The van der Waals surface area contributed by atoms with Crippen LogP contribution in [0.1, 0.15) is 64.9 Å². The van der Waals surface area contributed by atoms with Gasteiger partial charge < -0.3 is 5.32 Å². The van der Waals surface area contributed by atoms with Gasteiger partial charge >= 0.3 is 6.03 Å². The minimum Gasteiger partial charge on any atom is -0.330 e. The second-order valence-corrected chi connectivity index (χ2v) is 11.5. The summed E-state index contributed by atoms with van der Waals surface area (Å²) in [4.78, 5) is 14.8. The molecule has 3 unspecified atom stereocenters. The number of hydrogen-bond acceptors (Lipinski definition) is 4. The first kappa shape index (κ1) is 23.1. The lowest BCUT2D eigenvalue weighted by molar-refractivity contribution is 0.228. The summed E-state index contributed by atoms with van der Waals surface area (Å²) < 4.78 is 28.5. The van der Waals surface area contributed by atoms with Crippen LogP contribution < -0.4 is 10.0 Å². The lowest BCUT2D eigenvalue weighted by Gasteiger charge is -2.40. The van der Waals surface area contributed by atoms with Crippen LogP contribution in [0.5, 0.6) is 0 Å². The maximum atomic E-state index is 13.1. The van der Waals surface area contributed by atoms with E-state index < -0.39 is 21.4 Å². The summed E-state index contributed by atoms with van der Waals surface area (Å²) >= 11 is 0. The van der Waals surface area contributed by atoms with E-state index >= 15 is 0 Å². The minimum atomic E-state index is -3.87. The number of hydrogen-bond donors (Lipinski definition) is 2. The van der Waals surface area contributed by atoms with Gasteiger partial charge in [0.15, 0.2) is 0 Å². The Morgan fingerprint density at radius 1 is 1.19 bits per heavy atom. The number of amides is 2. The summed E-state index contributed by atoms with van der Waals surface area (Å²) in [6, 6.07) is 9.03. The topological polar surface area (TPSA) is 78.5 Å². The van der Waals surface area contributed by atoms with Crippen molar-refractivity contribution in [1.82, 2.24) is 14.9 Å². The highest BCUT2D eigenvalue weighted by atomic mass is 32.2. The van der Waals surface area contributed by atoms with Crippen LogP contribution in [-0.4, -0.2) is 37.3 Å². The van der Waals surface area contributed by atoms with Crippen molar-refractivity contribution in [2.45, 2.75) is 77.3 Å². The largest absolute Gasteiger partial charge is 0.330 e. The zero-order valence-corrected chi connectivity index (χ0v) is 20.2. The normalized spacial score (nSPS) is 25.9. The Morgan fingerprint density at radius 3 is 2.66 bits per heavy atom. The highest BCUT2D eigenvalue weighted by Crippen LogP contribution is 2.53. The van der Waals surface area contributed by atoms with Gasteiger partial charge in [0.2, 0.25) is 0 Å². The number of urea groups is 1. The Balaban J connectivity index is 1.46. The smallest absolute Gasteiger partial charge is 0.328 e. The zero-order chi connectivity index (χ0) is 22.9. The van der Waals surface area contributed by atoms with E-state index in [1.165, 1.54) is 16.7 Å². The van der Waals surface area contributed by atoms with Crippen LogP contribution in [0.15, 0.2) is 53.1 Å². The number of rotatable bonds is 7. The molecule has 0 bridgehead atoms. The van der Waals surface area contributed by atoms with Crippen molar-refractivity contribution in [2.24, 2.45) is 5.41 Å². The Hall–Kier alpha value is -2.12. The summed E-state index contributed by atoms with van der Waals surface area (Å²) in [5, 5.41) is 2.24. The van der Waals surface area contributed by atoms with E-state index in [2.05, 4.69) is 23.0 Å². The molecule has 0 spiro atoms. The first-order chi connectivity index (χ1) is 15.2. The molecule has 32 heavy (non-hydrogen) atoms. The summed E-state index contributed by atoms with van der Waals surface area (Å²) in [5.74, 6) is 0. The third-order valence-electron chi connectivity index (χ3n) is 7.62. The molecular weight excluding hydrogens is 422 g/mol. The van der Waals surface area contributed by atoms with E-state index in [0.717, 1.165) is 44.1 Å². The molecule has 1 aromatic carbocycles. The molecule has 3 aliphatic carbocycles. The van der Waals surface area contributed by atoms with Crippen molar-refractivity contribution >= 4 is 16.1 Å². The number of benzene rings is 1. The van der Waals surface area contributed by atoms with Gasteiger partial charge in [-0.25, -0.2) is 17.9 Å². The van der Waals surface area contributed by atoms with E-state index in [9.17, 15) is 13.2 Å². The molecule has 6 nitrogen and oxygen atoms in total. The standard InChI is InChI=1S/C25H35N3O3S/c1-4-28(17-19-10-6-5-7-11-19)18(2)32(30,31)27-24(29)26-23-22-14-8-12-20(22)16-21-13-9-15-25(21,23)3/h5-7,10-11,16,18,23H,4,8-9,12-15,17H2,1-3H3,(H2,26,27,29). The molecule has 0 aliphatic heterocycles. The van der Waals surface area contributed by atoms with Gasteiger partial charge in [-0.05, 0) is 68.7 Å². The van der Waals surface area contributed by atoms with Gasteiger partial charge in [0.05, 0.1) is 6.04 Å². The molecule has 1 aromatic rings. The summed E-state index contributed by atoms with van der Waals surface area (Å²) in [5.41, 5.74) is 4.97. The van der Waals surface area contributed by atoms with Crippen LogP contribution in [0, 0.1) is 5.41 Å². The highest BCUT2D eigenvalue weighted by Gasteiger charge is 2.47. The average molecular weight is 458 g/mol. The van der Waals surface area contributed by atoms with Crippen molar-refractivity contribution in [1.29, 1.82) is 0 Å². The number of carbonyl (C=O) groups excluding carboxylic acids is 1. The lowest BCUT2D eigenvalue weighted by Crippen LogP contribution is -2.55. The summed E-state index contributed by atoms with van der Waals surface area (Å²) in [6.45, 7) is 6.85. The molecule has 3 aliphatic rings. The maximum absolute atomic E-state index is 13.1. The predicted molar refractivity (Wildman–Crippen MR) is 127 cm³/mol. The molecule has 0 heterocycles. The van der Waals surface area contributed by atoms with Gasteiger partial charge in [-0.15, -0.1) is 0 Å². The van der Waals surface area contributed by atoms with Crippen LogP contribution in [0.3, 0.4) is 0 Å². The number of nitrogens with zero attached hydrogens (tertiary/aromatic N) is 1. The number of fused-ring (bicyclic) bond motifs is 1. The third-order valence-corrected chi connectivity index (χ3v) is 9.29. The molecule has 3 atom stereocenters. The molecule has 1 saturated carbocycles. The first-order valence-electron chi connectivity index (χ1n) is 11.8.